The molecule has 0 saturated heterocycles. The molecule has 0 atom stereocenters. The molecule has 4 N–H and O–H groups in total. The fourth-order valence-electron chi connectivity index (χ4n) is 4.69. The van der Waals surface area contributed by atoms with E-state index < -0.39 is 58.2 Å². The summed E-state index contributed by atoms with van der Waals surface area (Å²) >= 11 is 0. The molecule has 0 saturated carbocycles. The first kappa shape index (κ1) is 28.6. The van der Waals surface area contributed by atoms with Crippen molar-refractivity contribution in [2.24, 2.45) is 0 Å². The quantitative estimate of drug-likeness (QED) is 0.189. The van der Waals surface area contributed by atoms with Crippen molar-refractivity contribution in [3.8, 4) is 22.3 Å². The van der Waals surface area contributed by atoms with E-state index >= 15 is 0 Å². The highest BCUT2D eigenvalue weighted by Crippen LogP contribution is 2.47. The molecule has 0 spiro atoms. The van der Waals surface area contributed by atoms with Crippen LogP contribution in [0, 0.1) is 0 Å². The Labute approximate surface area is 229 Å². The van der Waals surface area contributed by atoms with E-state index in [0.29, 0.717) is 0 Å². The lowest BCUT2D eigenvalue weighted by atomic mass is 9.81. The second-order valence-electron chi connectivity index (χ2n) is 8.89. The van der Waals surface area contributed by atoms with Gasteiger partial charge in [-0.1, -0.05) is 60.7 Å². The van der Waals surface area contributed by atoms with E-state index in [4.69, 9.17) is 0 Å². The fraction of sp³-hybridized carbons (Fsp3) is 0.0667. The minimum atomic E-state index is -4.90. The first-order valence-electron chi connectivity index (χ1n) is 11.8. The van der Waals surface area contributed by atoms with Crippen molar-refractivity contribution in [2.45, 2.75) is 12.1 Å². The minimum absolute atomic E-state index is 0.00323. The van der Waals surface area contributed by atoms with Gasteiger partial charge in [0.2, 0.25) is 0 Å². The molecule has 8 nitrogen and oxygen atoms in total. The van der Waals surface area contributed by atoms with Crippen molar-refractivity contribution in [1.29, 1.82) is 0 Å². The number of hydrogen-bond donors (Lipinski definition) is 4. The number of alkyl halides is 3. The number of halogens is 3. The minimum Gasteiger partial charge on any atom is -0.478 e. The predicted molar refractivity (Wildman–Crippen MR) is 139 cm³/mol. The van der Waals surface area contributed by atoms with Crippen LogP contribution in [0.5, 0.6) is 0 Å². The molecule has 4 rings (SSSR count). The monoisotopic (exact) mass is 564 g/mol. The lowest BCUT2D eigenvalue weighted by Crippen LogP contribution is -2.23. The van der Waals surface area contributed by atoms with E-state index in [1.807, 2.05) is 0 Å². The van der Waals surface area contributed by atoms with Gasteiger partial charge < -0.3 is 20.4 Å². The molecule has 0 aliphatic rings. The standard InChI is InChI=1S/C30H19F3O8/c31-30(32,33)25(19-7-3-1-5-17(19)15-9-11-21(26(34)35)23(13-15)28(38)39)20-8-4-2-6-18(20)16-10-12-22(27(36)37)24(14-16)29(40)41/h1-14,25H,(H,34,35)(H,36,37)(H,38,39)(H,40,41). The molecule has 4 aromatic carbocycles. The zero-order valence-electron chi connectivity index (χ0n) is 20.7. The Hall–Kier alpha value is -5.45. The third kappa shape index (κ3) is 5.64. The zero-order valence-corrected chi connectivity index (χ0v) is 20.7. The Morgan fingerprint density at radius 1 is 0.512 bits per heavy atom. The maximum atomic E-state index is 14.9. The summed E-state index contributed by atoms with van der Waals surface area (Å²) in [4.78, 5) is 46.4. The maximum absolute atomic E-state index is 14.9. The highest BCUT2D eigenvalue weighted by atomic mass is 19.4. The third-order valence-corrected chi connectivity index (χ3v) is 6.45. The van der Waals surface area contributed by atoms with Gasteiger partial charge >= 0.3 is 30.1 Å². The summed E-state index contributed by atoms with van der Waals surface area (Å²) in [5, 5.41) is 37.7. The molecule has 0 amide bonds. The maximum Gasteiger partial charge on any atom is 0.399 e. The van der Waals surface area contributed by atoms with E-state index in [2.05, 4.69) is 0 Å². The number of carboxylic acid groups (broad SMARTS) is 4. The smallest absolute Gasteiger partial charge is 0.399 e. The normalized spacial score (nSPS) is 11.3. The third-order valence-electron chi connectivity index (χ3n) is 6.45. The number of aromatic carboxylic acids is 4. The molecule has 0 unspecified atom stereocenters. The van der Waals surface area contributed by atoms with Gasteiger partial charge in [0, 0.05) is 0 Å². The summed E-state index contributed by atoms with van der Waals surface area (Å²) in [6, 6.07) is 17.2. The van der Waals surface area contributed by atoms with Gasteiger partial charge in [-0.05, 0) is 57.6 Å². The molecule has 0 radical (unpaired) electrons. The summed E-state index contributed by atoms with van der Waals surface area (Å²) in [7, 11) is 0. The topological polar surface area (TPSA) is 149 Å². The number of carboxylic acids is 4. The van der Waals surface area contributed by atoms with Crippen LogP contribution in [0.3, 0.4) is 0 Å². The molecule has 0 fully saturated rings. The molecule has 208 valence electrons. The van der Waals surface area contributed by atoms with Gasteiger partial charge in [0.15, 0.2) is 0 Å². The van der Waals surface area contributed by atoms with Crippen molar-refractivity contribution in [3.05, 3.63) is 118 Å². The Morgan fingerprint density at radius 2 is 0.854 bits per heavy atom. The van der Waals surface area contributed by atoms with Gasteiger partial charge in [0.05, 0.1) is 22.3 Å². The van der Waals surface area contributed by atoms with Crippen molar-refractivity contribution >= 4 is 23.9 Å². The Kier molecular flexibility index (Phi) is 7.64. The van der Waals surface area contributed by atoms with Gasteiger partial charge in [-0.3, -0.25) is 0 Å². The van der Waals surface area contributed by atoms with E-state index in [1.165, 1.54) is 60.7 Å². The summed E-state index contributed by atoms with van der Waals surface area (Å²) in [6.45, 7) is 0. The average molecular weight is 564 g/mol. The van der Waals surface area contributed by atoms with Gasteiger partial charge in [-0.2, -0.15) is 13.2 Å². The lowest BCUT2D eigenvalue weighted by molar-refractivity contribution is -0.140. The fourth-order valence-corrected chi connectivity index (χ4v) is 4.69. The number of benzene rings is 4. The Balaban J connectivity index is 1.97. The predicted octanol–water partition coefficient (Wildman–Crippen LogP) is 6.51. The molecular weight excluding hydrogens is 545 g/mol. The molecule has 4 aromatic rings. The summed E-state index contributed by atoms with van der Waals surface area (Å²) in [5.41, 5.74) is -2.75. The molecule has 11 heteroatoms. The average Bonchev–Trinajstić information content (AvgIpc) is 2.92. The Bertz CT molecular complexity index is 1590. The van der Waals surface area contributed by atoms with Crippen LogP contribution in [-0.4, -0.2) is 50.5 Å². The van der Waals surface area contributed by atoms with Crippen LogP contribution in [-0.2, 0) is 0 Å². The van der Waals surface area contributed by atoms with Crippen molar-refractivity contribution < 1.29 is 52.8 Å². The summed E-state index contributed by atoms with van der Waals surface area (Å²) in [6.07, 6.45) is -4.90. The van der Waals surface area contributed by atoms with Gasteiger partial charge in [-0.15, -0.1) is 0 Å². The van der Waals surface area contributed by atoms with Crippen LogP contribution < -0.4 is 0 Å². The van der Waals surface area contributed by atoms with Crippen molar-refractivity contribution in [1.82, 2.24) is 0 Å². The number of hydrogen-bond acceptors (Lipinski definition) is 4. The highest BCUT2D eigenvalue weighted by Gasteiger charge is 2.44. The zero-order chi connectivity index (χ0) is 30.1. The highest BCUT2D eigenvalue weighted by molar-refractivity contribution is 6.03. The molecule has 0 aliphatic heterocycles. The number of rotatable bonds is 8. The SMILES string of the molecule is O=C(O)c1ccc(-c2ccccc2C(c2ccccc2-c2ccc(C(=O)O)c(C(=O)O)c2)C(F)(F)F)cc1C(=O)O. The van der Waals surface area contributed by atoms with Crippen LogP contribution >= 0.6 is 0 Å². The molecule has 41 heavy (non-hydrogen) atoms. The van der Waals surface area contributed by atoms with Crippen LogP contribution in [0.15, 0.2) is 84.9 Å². The number of carbonyl (C=O) groups is 4. The van der Waals surface area contributed by atoms with Crippen LogP contribution in [0.25, 0.3) is 22.3 Å². The largest absolute Gasteiger partial charge is 0.478 e. The first-order chi connectivity index (χ1) is 19.3. The van der Waals surface area contributed by atoms with Gasteiger partial charge in [0.1, 0.15) is 5.92 Å². The van der Waals surface area contributed by atoms with E-state index in [0.717, 1.165) is 24.3 Å². The van der Waals surface area contributed by atoms with Crippen LogP contribution in [0.2, 0.25) is 0 Å². The van der Waals surface area contributed by atoms with E-state index in [-0.39, 0.29) is 33.4 Å². The molecule has 0 bridgehead atoms. The van der Waals surface area contributed by atoms with Gasteiger partial charge in [-0.25, -0.2) is 19.2 Å². The van der Waals surface area contributed by atoms with Crippen molar-refractivity contribution in [3.63, 3.8) is 0 Å². The van der Waals surface area contributed by atoms with Crippen molar-refractivity contribution in [2.75, 3.05) is 0 Å². The molecule has 0 heterocycles. The summed E-state index contributed by atoms with van der Waals surface area (Å²) in [5.74, 6) is -8.47. The molecular formula is C30H19F3O8. The second-order valence-corrected chi connectivity index (χ2v) is 8.89. The summed E-state index contributed by atoms with van der Waals surface area (Å²) < 4.78 is 44.7. The van der Waals surface area contributed by atoms with Crippen LogP contribution in [0.4, 0.5) is 13.2 Å². The van der Waals surface area contributed by atoms with E-state index in [1.54, 1.807) is 0 Å². The van der Waals surface area contributed by atoms with E-state index in [9.17, 15) is 52.8 Å². The first-order valence-corrected chi connectivity index (χ1v) is 11.8. The molecule has 0 aromatic heterocycles. The Morgan fingerprint density at radius 3 is 1.17 bits per heavy atom. The van der Waals surface area contributed by atoms with Crippen LogP contribution in [0.1, 0.15) is 58.5 Å². The van der Waals surface area contributed by atoms with Gasteiger partial charge in [0.25, 0.3) is 0 Å². The lowest BCUT2D eigenvalue weighted by Gasteiger charge is -2.26. The molecule has 0 aliphatic carbocycles. The second kappa shape index (κ2) is 11.0.